The number of para-hydroxylation sites is 1. The van der Waals surface area contributed by atoms with Gasteiger partial charge >= 0.3 is 6.18 Å². The second-order valence-electron chi connectivity index (χ2n) is 5.11. The van der Waals surface area contributed by atoms with Crippen LogP contribution in [0.2, 0.25) is 0 Å². The van der Waals surface area contributed by atoms with E-state index in [2.05, 4.69) is 0 Å². The van der Waals surface area contributed by atoms with Crippen molar-refractivity contribution >= 4 is 10.9 Å². The van der Waals surface area contributed by atoms with Gasteiger partial charge < -0.3 is 15.0 Å². The number of alkyl halides is 3. The maximum atomic E-state index is 12.1. The third-order valence-electron chi connectivity index (χ3n) is 3.37. The smallest absolute Gasteiger partial charge is 0.351 e. The van der Waals surface area contributed by atoms with Gasteiger partial charge in [0.1, 0.15) is 13.3 Å². The fraction of sp³-hybridized carbons (Fsp3) is 0.467. The topological polar surface area (TPSA) is 40.2 Å². The molecule has 1 aromatic carbocycles. The van der Waals surface area contributed by atoms with E-state index in [0.29, 0.717) is 6.42 Å². The number of halogens is 3. The first-order valence-electron chi connectivity index (χ1n) is 6.87. The van der Waals surface area contributed by atoms with Gasteiger partial charge in [0.2, 0.25) is 0 Å². The molecular weight excluding hydrogens is 281 g/mol. The summed E-state index contributed by atoms with van der Waals surface area (Å²) in [6, 6.07) is 7.72. The van der Waals surface area contributed by atoms with Crippen molar-refractivity contribution in [3.8, 4) is 0 Å². The summed E-state index contributed by atoms with van der Waals surface area (Å²) < 4.78 is 42.9. The van der Waals surface area contributed by atoms with Crippen molar-refractivity contribution in [2.45, 2.75) is 38.7 Å². The molecule has 2 aromatic rings. The summed E-state index contributed by atoms with van der Waals surface area (Å²) >= 11 is 0. The van der Waals surface area contributed by atoms with E-state index >= 15 is 0 Å². The standard InChI is InChI=1S/C15H19F3N2O/c1-2-13(19)8-12-5-3-4-11-6-7-20(14(11)12)10-21-9-15(16,17)18/h3-7,13H,2,8-10,19H2,1H3. The molecule has 0 radical (unpaired) electrons. The Morgan fingerprint density at radius 2 is 2.05 bits per heavy atom. The first-order valence-corrected chi connectivity index (χ1v) is 6.87. The lowest BCUT2D eigenvalue weighted by molar-refractivity contribution is -0.181. The van der Waals surface area contributed by atoms with Crippen molar-refractivity contribution in [2.75, 3.05) is 6.61 Å². The number of hydrogen-bond acceptors (Lipinski definition) is 2. The zero-order valence-electron chi connectivity index (χ0n) is 11.9. The molecule has 0 saturated heterocycles. The van der Waals surface area contributed by atoms with E-state index in [0.717, 1.165) is 22.9 Å². The van der Waals surface area contributed by atoms with Gasteiger partial charge in [0, 0.05) is 12.2 Å². The van der Waals surface area contributed by atoms with Crippen LogP contribution < -0.4 is 5.73 Å². The van der Waals surface area contributed by atoms with Crippen LogP contribution in [0.4, 0.5) is 13.2 Å². The molecule has 21 heavy (non-hydrogen) atoms. The van der Waals surface area contributed by atoms with Crippen LogP contribution in [0.25, 0.3) is 10.9 Å². The molecule has 2 rings (SSSR count). The summed E-state index contributed by atoms with van der Waals surface area (Å²) in [7, 11) is 0. The van der Waals surface area contributed by atoms with Gasteiger partial charge in [-0.05, 0) is 29.9 Å². The number of benzene rings is 1. The van der Waals surface area contributed by atoms with Crippen LogP contribution in [0.3, 0.4) is 0 Å². The minimum atomic E-state index is -4.31. The molecule has 1 atom stereocenters. The Hall–Kier alpha value is -1.53. The Kier molecular flexibility index (Phi) is 4.90. The van der Waals surface area contributed by atoms with E-state index in [-0.39, 0.29) is 12.8 Å². The molecule has 3 nitrogen and oxygen atoms in total. The lowest BCUT2D eigenvalue weighted by Crippen LogP contribution is -2.22. The number of fused-ring (bicyclic) bond motifs is 1. The molecule has 0 amide bonds. The zero-order valence-corrected chi connectivity index (χ0v) is 11.9. The van der Waals surface area contributed by atoms with Crippen LogP contribution in [-0.2, 0) is 17.9 Å². The van der Waals surface area contributed by atoms with Crippen molar-refractivity contribution in [2.24, 2.45) is 5.73 Å². The fourth-order valence-corrected chi connectivity index (χ4v) is 2.30. The summed E-state index contributed by atoms with van der Waals surface area (Å²) in [6.45, 7) is 0.640. The molecule has 1 aromatic heterocycles. The van der Waals surface area contributed by atoms with Crippen LogP contribution in [-0.4, -0.2) is 23.4 Å². The summed E-state index contributed by atoms with van der Waals surface area (Å²) in [4.78, 5) is 0. The van der Waals surface area contributed by atoms with Crippen molar-refractivity contribution in [3.63, 3.8) is 0 Å². The molecule has 0 bridgehead atoms. The second-order valence-corrected chi connectivity index (χ2v) is 5.11. The molecule has 116 valence electrons. The molecule has 1 unspecified atom stereocenters. The summed E-state index contributed by atoms with van der Waals surface area (Å²) in [5, 5.41) is 0.978. The van der Waals surface area contributed by atoms with E-state index in [4.69, 9.17) is 10.5 Å². The Balaban J connectivity index is 2.20. The number of nitrogens with two attached hydrogens (primary N) is 1. The molecular formula is C15H19F3N2O. The van der Waals surface area contributed by atoms with E-state index < -0.39 is 12.8 Å². The highest BCUT2D eigenvalue weighted by atomic mass is 19.4. The third-order valence-corrected chi connectivity index (χ3v) is 3.37. The largest absolute Gasteiger partial charge is 0.411 e. The average Bonchev–Trinajstić information content (AvgIpc) is 2.82. The molecule has 1 heterocycles. The number of nitrogens with zero attached hydrogens (tertiary/aromatic N) is 1. The highest BCUT2D eigenvalue weighted by molar-refractivity contribution is 5.83. The van der Waals surface area contributed by atoms with Gasteiger partial charge in [0.15, 0.2) is 0 Å². The van der Waals surface area contributed by atoms with E-state index in [1.54, 1.807) is 10.8 Å². The van der Waals surface area contributed by atoms with Gasteiger partial charge in [-0.1, -0.05) is 25.1 Å². The molecule has 0 saturated carbocycles. The SMILES string of the molecule is CCC(N)Cc1cccc2ccn(COCC(F)(F)F)c12. The lowest BCUT2D eigenvalue weighted by atomic mass is 10.0. The monoisotopic (exact) mass is 300 g/mol. The van der Waals surface area contributed by atoms with E-state index in [9.17, 15) is 13.2 Å². The van der Waals surface area contributed by atoms with Crippen molar-refractivity contribution in [1.82, 2.24) is 4.57 Å². The van der Waals surface area contributed by atoms with Crippen LogP contribution in [0.5, 0.6) is 0 Å². The molecule has 0 fully saturated rings. The zero-order chi connectivity index (χ0) is 15.5. The fourth-order valence-electron chi connectivity index (χ4n) is 2.30. The highest BCUT2D eigenvalue weighted by Crippen LogP contribution is 2.22. The van der Waals surface area contributed by atoms with Gasteiger partial charge in [-0.25, -0.2) is 0 Å². The van der Waals surface area contributed by atoms with Gasteiger partial charge in [-0.2, -0.15) is 13.2 Å². The molecule has 0 aliphatic heterocycles. The Morgan fingerprint density at radius 1 is 1.29 bits per heavy atom. The first kappa shape index (κ1) is 15.9. The van der Waals surface area contributed by atoms with Crippen LogP contribution in [0, 0.1) is 0 Å². The van der Waals surface area contributed by atoms with Gasteiger partial charge in [0.25, 0.3) is 0 Å². The second kappa shape index (κ2) is 6.49. The average molecular weight is 300 g/mol. The maximum Gasteiger partial charge on any atom is 0.411 e. The van der Waals surface area contributed by atoms with Crippen molar-refractivity contribution in [1.29, 1.82) is 0 Å². The predicted molar refractivity (Wildman–Crippen MR) is 75.9 cm³/mol. The maximum absolute atomic E-state index is 12.1. The van der Waals surface area contributed by atoms with E-state index in [1.807, 2.05) is 31.2 Å². The number of ether oxygens (including phenoxy) is 1. The molecule has 0 spiro atoms. The first-order chi connectivity index (χ1) is 9.90. The van der Waals surface area contributed by atoms with Crippen LogP contribution in [0.15, 0.2) is 30.5 Å². The third kappa shape index (κ3) is 4.22. The van der Waals surface area contributed by atoms with Crippen LogP contribution in [0.1, 0.15) is 18.9 Å². The normalized spacial score (nSPS) is 13.8. The summed E-state index contributed by atoms with van der Waals surface area (Å²) in [5.41, 5.74) is 7.91. The lowest BCUT2D eigenvalue weighted by Gasteiger charge is -2.14. The van der Waals surface area contributed by atoms with Crippen molar-refractivity contribution < 1.29 is 17.9 Å². The minimum Gasteiger partial charge on any atom is -0.351 e. The Labute approximate surface area is 121 Å². The van der Waals surface area contributed by atoms with E-state index in [1.165, 1.54) is 0 Å². The number of rotatable bonds is 6. The van der Waals surface area contributed by atoms with Gasteiger partial charge in [0.05, 0.1) is 5.52 Å². The molecule has 2 N–H and O–H groups in total. The number of aromatic nitrogens is 1. The van der Waals surface area contributed by atoms with Crippen molar-refractivity contribution in [3.05, 3.63) is 36.0 Å². The van der Waals surface area contributed by atoms with Gasteiger partial charge in [-0.15, -0.1) is 0 Å². The minimum absolute atomic E-state index is 0.0371. The molecule has 6 heteroatoms. The summed E-state index contributed by atoms with van der Waals surface area (Å²) in [5.74, 6) is 0. The van der Waals surface area contributed by atoms with Gasteiger partial charge in [-0.3, -0.25) is 0 Å². The van der Waals surface area contributed by atoms with Crippen LogP contribution >= 0.6 is 0 Å². The summed E-state index contributed by atoms with van der Waals surface area (Å²) in [6.07, 6.45) is -1.03. The molecule has 0 aliphatic rings. The Morgan fingerprint density at radius 3 is 2.71 bits per heavy atom. The Bertz CT molecular complexity index is 592. The quantitative estimate of drug-likeness (QED) is 0.887. The predicted octanol–water partition coefficient (Wildman–Crippen LogP) is 3.46. The highest BCUT2D eigenvalue weighted by Gasteiger charge is 2.27. The molecule has 0 aliphatic carbocycles. The number of hydrogen-bond donors (Lipinski definition) is 1.